The molecule has 1 saturated carbocycles. The van der Waals surface area contributed by atoms with Gasteiger partial charge in [-0.15, -0.1) is 0 Å². The summed E-state index contributed by atoms with van der Waals surface area (Å²) in [7, 11) is -2.93. The van der Waals surface area contributed by atoms with Gasteiger partial charge in [0.1, 0.15) is 0 Å². The predicted molar refractivity (Wildman–Crippen MR) is 49.6 cm³/mol. The topological polar surface area (TPSA) is 60.2 Å². The highest BCUT2D eigenvalue weighted by molar-refractivity contribution is 7.92. The van der Waals surface area contributed by atoms with Crippen LogP contribution in [0.15, 0.2) is 0 Å². The van der Waals surface area contributed by atoms with E-state index in [1.807, 2.05) is 0 Å². The largest absolute Gasteiger partial charge is 0.327 e. The van der Waals surface area contributed by atoms with Gasteiger partial charge >= 0.3 is 0 Å². The first-order valence-corrected chi connectivity index (χ1v) is 6.12. The second kappa shape index (κ2) is 3.34. The second-order valence-corrected chi connectivity index (χ2v) is 6.48. The third-order valence-electron chi connectivity index (χ3n) is 2.37. The Morgan fingerprint density at radius 2 is 1.92 bits per heavy atom. The first-order chi connectivity index (χ1) is 5.43. The lowest BCUT2D eigenvalue weighted by atomic mass is 10.2. The average molecular weight is 191 g/mol. The van der Waals surface area contributed by atoms with E-state index in [-0.39, 0.29) is 17.0 Å². The Labute approximate surface area is 74.3 Å². The van der Waals surface area contributed by atoms with E-state index < -0.39 is 9.84 Å². The van der Waals surface area contributed by atoms with E-state index in [1.54, 1.807) is 13.8 Å². The zero-order valence-electron chi connectivity index (χ0n) is 7.66. The van der Waals surface area contributed by atoms with Crippen molar-refractivity contribution in [2.45, 2.75) is 38.0 Å². The van der Waals surface area contributed by atoms with Gasteiger partial charge in [0.2, 0.25) is 0 Å². The molecule has 0 aromatic heterocycles. The van der Waals surface area contributed by atoms with E-state index >= 15 is 0 Å². The van der Waals surface area contributed by atoms with Crippen molar-refractivity contribution in [3.05, 3.63) is 0 Å². The average Bonchev–Trinajstić information content (AvgIpc) is 2.65. The summed E-state index contributed by atoms with van der Waals surface area (Å²) in [5.41, 5.74) is 5.72. The van der Waals surface area contributed by atoms with Crippen molar-refractivity contribution in [3.8, 4) is 0 Å². The van der Waals surface area contributed by atoms with E-state index in [9.17, 15) is 8.42 Å². The molecule has 1 aliphatic rings. The summed E-state index contributed by atoms with van der Waals surface area (Å²) in [5.74, 6) is 0.633. The summed E-state index contributed by atoms with van der Waals surface area (Å²) in [6.45, 7) is 3.41. The molecule has 0 aromatic rings. The maximum Gasteiger partial charge on any atom is 0.154 e. The van der Waals surface area contributed by atoms with E-state index in [4.69, 9.17) is 5.73 Å². The molecule has 12 heavy (non-hydrogen) atoms. The van der Waals surface area contributed by atoms with Crippen molar-refractivity contribution in [2.75, 3.05) is 5.75 Å². The molecule has 0 bridgehead atoms. The summed E-state index contributed by atoms with van der Waals surface area (Å²) >= 11 is 0. The minimum atomic E-state index is -2.93. The summed E-state index contributed by atoms with van der Waals surface area (Å²) in [6, 6.07) is -0.127. The lowest BCUT2D eigenvalue weighted by Crippen LogP contribution is -2.34. The molecule has 0 heterocycles. The number of hydrogen-bond acceptors (Lipinski definition) is 3. The zero-order chi connectivity index (χ0) is 9.35. The Kier molecular flexibility index (Phi) is 2.78. The van der Waals surface area contributed by atoms with E-state index in [1.165, 1.54) is 0 Å². The molecule has 0 radical (unpaired) electrons. The van der Waals surface area contributed by atoms with Crippen LogP contribution in [-0.2, 0) is 9.84 Å². The van der Waals surface area contributed by atoms with Gasteiger partial charge in [0.05, 0.1) is 11.0 Å². The van der Waals surface area contributed by atoms with Crippen molar-refractivity contribution in [1.82, 2.24) is 0 Å². The molecule has 1 unspecified atom stereocenters. The van der Waals surface area contributed by atoms with Crippen LogP contribution in [0.25, 0.3) is 0 Å². The van der Waals surface area contributed by atoms with Crippen LogP contribution < -0.4 is 5.73 Å². The lowest BCUT2D eigenvalue weighted by molar-refractivity contribution is 0.566. The highest BCUT2D eigenvalue weighted by Gasteiger charge is 2.32. The molecule has 1 fully saturated rings. The fraction of sp³-hybridized carbons (Fsp3) is 1.00. The van der Waals surface area contributed by atoms with Gasteiger partial charge in [-0.2, -0.15) is 0 Å². The van der Waals surface area contributed by atoms with Crippen LogP contribution in [0.1, 0.15) is 26.7 Å². The minimum absolute atomic E-state index is 0.127. The third kappa shape index (κ3) is 2.45. The van der Waals surface area contributed by atoms with Crippen LogP contribution >= 0.6 is 0 Å². The van der Waals surface area contributed by atoms with Crippen molar-refractivity contribution >= 4 is 9.84 Å². The fourth-order valence-corrected chi connectivity index (χ4v) is 2.31. The molecule has 2 N–H and O–H groups in total. The van der Waals surface area contributed by atoms with Gasteiger partial charge in [0.15, 0.2) is 9.84 Å². The van der Waals surface area contributed by atoms with Crippen LogP contribution in [0.2, 0.25) is 0 Å². The zero-order valence-corrected chi connectivity index (χ0v) is 8.47. The molecule has 0 spiro atoms. The molecule has 4 heteroatoms. The lowest BCUT2D eigenvalue weighted by Gasteiger charge is -2.12. The Morgan fingerprint density at radius 3 is 2.25 bits per heavy atom. The van der Waals surface area contributed by atoms with Crippen LogP contribution in [0.4, 0.5) is 0 Å². The molecular weight excluding hydrogens is 174 g/mol. The Bertz CT molecular complexity index is 242. The van der Waals surface area contributed by atoms with Gasteiger partial charge in [-0.05, 0) is 32.6 Å². The maximum absolute atomic E-state index is 11.4. The van der Waals surface area contributed by atoms with Gasteiger partial charge in [-0.3, -0.25) is 0 Å². The minimum Gasteiger partial charge on any atom is -0.327 e. The quantitative estimate of drug-likeness (QED) is 0.706. The SMILES string of the molecule is CC(C)S(=O)(=O)CC(N)C1CC1. The molecule has 0 amide bonds. The standard InChI is InChI=1S/C8H17NO2S/c1-6(2)12(10,11)5-8(9)7-3-4-7/h6-8H,3-5,9H2,1-2H3. The summed E-state index contributed by atoms with van der Waals surface area (Å²) in [5, 5.41) is -0.290. The van der Waals surface area contributed by atoms with Crippen molar-refractivity contribution in [3.63, 3.8) is 0 Å². The number of nitrogens with two attached hydrogens (primary N) is 1. The second-order valence-electron chi connectivity index (χ2n) is 3.88. The van der Waals surface area contributed by atoms with Gasteiger partial charge in [-0.25, -0.2) is 8.42 Å². The van der Waals surface area contributed by atoms with E-state index in [0.717, 1.165) is 12.8 Å². The monoisotopic (exact) mass is 191 g/mol. The Hall–Kier alpha value is -0.0900. The highest BCUT2D eigenvalue weighted by Crippen LogP contribution is 2.32. The number of hydrogen-bond donors (Lipinski definition) is 1. The molecule has 1 atom stereocenters. The molecule has 3 nitrogen and oxygen atoms in total. The smallest absolute Gasteiger partial charge is 0.154 e. The molecule has 0 aromatic carbocycles. The molecule has 0 saturated heterocycles. The molecule has 72 valence electrons. The maximum atomic E-state index is 11.4. The number of rotatable bonds is 4. The van der Waals surface area contributed by atoms with Gasteiger partial charge in [0.25, 0.3) is 0 Å². The van der Waals surface area contributed by atoms with Gasteiger partial charge in [-0.1, -0.05) is 0 Å². The third-order valence-corrected chi connectivity index (χ3v) is 4.66. The van der Waals surface area contributed by atoms with Gasteiger partial charge < -0.3 is 5.73 Å². The summed E-state index contributed by atoms with van der Waals surface area (Å²) < 4.78 is 22.8. The van der Waals surface area contributed by atoms with Crippen LogP contribution in [0.3, 0.4) is 0 Å². The predicted octanol–water partition coefficient (Wildman–Crippen LogP) is 0.547. The van der Waals surface area contributed by atoms with E-state index in [0.29, 0.717) is 5.92 Å². The molecule has 0 aliphatic heterocycles. The normalized spacial score (nSPS) is 21.3. The van der Waals surface area contributed by atoms with Crippen molar-refractivity contribution in [2.24, 2.45) is 11.7 Å². The Morgan fingerprint density at radius 1 is 1.42 bits per heavy atom. The van der Waals surface area contributed by atoms with Gasteiger partial charge in [0, 0.05) is 6.04 Å². The van der Waals surface area contributed by atoms with Crippen molar-refractivity contribution < 1.29 is 8.42 Å². The molecule has 1 rings (SSSR count). The molecule has 1 aliphatic carbocycles. The summed E-state index contributed by atoms with van der Waals surface area (Å²) in [4.78, 5) is 0. The Balaban J connectivity index is 2.48. The number of sulfone groups is 1. The fourth-order valence-electron chi connectivity index (χ4n) is 1.12. The highest BCUT2D eigenvalue weighted by atomic mass is 32.2. The van der Waals surface area contributed by atoms with Crippen LogP contribution in [0.5, 0.6) is 0 Å². The van der Waals surface area contributed by atoms with Crippen molar-refractivity contribution in [1.29, 1.82) is 0 Å². The van der Waals surface area contributed by atoms with E-state index in [2.05, 4.69) is 0 Å². The molecular formula is C8H17NO2S. The summed E-state index contributed by atoms with van der Waals surface area (Å²) in [6.07, 6.45) is 2.21. The first kappa shape index (κ1) is 9.99. The van der Waals surface area contributed by atoms with Crippen LogP contribution in [0, 0.1) is 5.92 Å². The first-order valence-electron chi connectivity index (χ1n) is 4.40. The van der Waals surface area contributed by atoms with Crippen LogP contribution in [-0.4, -0.2) is 25.5 Å².